The Balaban J connectivity index is 1.49. The molecule has 0 radical (unpaired) electrons. The van der Waals surface area contributed by atoms with Gasteiger partial charge in [0.2, 0.25) is 0 Å². The van der Waals surface area contributed by atoms with Gasteiger partial charge in [0, 0.05) is 13.1 Å². The highest BCUT2D eigenvalue weighted by Crippen LogP contribution is 2.32. The summed E-state index contributed by atoms with van der Waals surface area (Å²) >= 11 is 0. The Morgan fingerprint density at radius 3 is 1.30 bits per heavy atom. The van der Waals surface area contributed by atoms with Crippen LogP contribution in [-0.2, 0) is 0 Å². The van der Waals surface area contributed by atoms with E-state index < -0.39 is 0 Å². The van der Waals surface area contributed by atoms with Crippen molar-refractivity contribution in [1.29, 1.82) is 0 Å². The number of likely N-dealkylation sites (tertiary alicyclic amines) is 2. The van der Waals surface area contributed by atoms with Gasteiger partial charge in [-0.2, -0.15) is 0 Å². The van der Waals surface area contributed by atoms with Gasteiger partial charge in [-0.25, -0.2) is 0 Å². The van der Waals surface area contributed by atoms with Crippen molar-refractivity contribution in [3.63, 3.8) is 0 Å². The summed E-state index contributed by atoms with van der Waals surface area (Å²) in [5, 5.41) is 0. The van der Waals surface area contributed by atoms with E-state index in [-0.39, 0.29) is 0 Å². The Labute approximate surface area is 125 Å². The molecule has 1 saturated carbocycles. The maximum absolute atomic E-state index is 2.78. The Kier molecular flexibility index (Phi) is 5.78. The van der Waals surface area contributed by atoms with Crippen LogP contribution >= 0.6 is 0 Å². The molecule has 116 valence electrons. The van der Waals surface area contributed by atoms with Gasteiger partial charge < -0.3 is 9.80 Å². The minimum atomic E-state index is 1.00. The second kappa shape index (κ2) is 7.79. The van der Waals surface area contributed by atoms with Crippen molar-refractivity contribution in [2.24, 2.45) is 11.8 Å². The maximum atomic E-state index is 2.78. The van der Waals surface area contributed by atoms with Crippen molar-refractivity contribution >= 4 is 0 Å². The minimum absolute atomic E-state index is 1.00. The van der Waals surface area contributed by atoms with Gasteiger partial charge >= 0.3 is 0 Å². The predicted molar refractivity (Wildman–Crippen MR) is 86.0 cm³/mol. The molecule has 0 bridgehead atoms. The average Bonchev–Trinajstić information content (AvgIpc) is 2.51. The largest absolute Gasteiger partial charge is 0.303 e. The highest BCUT2D eigenvalue weighted by Gasteiger charge is 2.29. The zero-order chi connectivity index (χ0) is 13.6. The molecule has 3 aliphatic rings. The number of rotatable bonds is 4. The Morgan fingerprint density at radius 1 is 0.500 bits per heavy atom. The smallest absolute Gasteiger partial charge is 0.00128 e. The summed E-state index contributed by atoms with van der Waals surface area (Å²) in [6.45, 7) is 8.36. The fraction of sp³-hybridized carbons (Fsp3) is 1.00. The van der Waals surface area contributed by atoms with E-state index in [4.69, 9.17) is 0 Å². The quantitative estimate of drug-likeness (QED) is 0.772. The molecular formula is C18H34N2. The van der Waals surface area contributed by atoms with Crippen molar-refractivity contribution in [3.05, 3.63) is 0 Å². The van der Waals surface area contributed by atoms with Crippen LogP contribution in [0.25, 0.3) is 0 Å². The molecule has 2 atom stereocenters. The van der Waals surface area contributed by atoms with E-state index in [0.29, 0.717) is 0 Å². The Morgan fingerprint density at radius 2 is 0.900 bits per heavy atom. The van der Waals surface area contributed by atoms with Crippen LogP contribution in [0.1, 0.15) is 64.2 Å². The van der Waals surface area contributed by atoms with E-state index in [1.807, 2.05) is 0 Å². The van der Waals surface area contributed by atoms with Crippen LogP contribution in [-0.4, -0.2) is 49.1 Å². The topological polar surface area (TPSA) is 6.48 Å². The highest BCUT2D eigenvalue weighted by molar-refractivity contribution is 4.82. The highest BCUT2D eigenvalue weighted by atomic mass is 15.1. The fourth-order valence-corrected chi connectivity index (χ4v) is 4.71. The molecule has 20 heavy (non-hydrogen) atoms. The zero-order valence-corrected chi connectivity index (χ0v) is 13.4. The van der Waals surface area contributed by atoms with Crippen LogP contribution in [0.4, 0.5) is 0 Å². The standard InChI is InChI=1S/C18H34N2/c1-5-11-19(12-6-1)15-17-9-3-4-10-18(17)16-20-13-7-2-8-14-20/h17-18H,1-16H2. The molecule has 3 fully saturated rings. The van der Waals surface area contributed by atoms with Crippen molar-refractivity contribution < 1.29 is 0 Å². The van der Waals surface area contributed by atoms with Crippen molar-refractivity contribution in [2.45, 2.75) is 64.2 Å². The van der Waals surface area contributed by atoms with Crippen LogP contribution in [0.3, 0.4) is 0 Å². The van der Waals surface area contributed by atoms with Gasteiger partial charge in [-0.05, 0) is 76.5 Å². The Bertz CT molecular complexity index is 239. The molecule has 2 heterocycles. The van der Waals surface area contributed by atoms with Crippen LogP contribution in [0, 0.1) is 11.8 Å². The van der Waals surface area contributed by atoms with Gasteiger partial charge in [-0.15, -0.1) is 0 Å². The molecule has 3 rings (SSSR count). The third-order valence-electron chi connectivity index (χ3n) is 5.95. The normalized spacial score (nSPS) is 34.2. The molecule has 2 nitrogen and oxygen atoms in total. The third kappa shape index (κ3) is 4.21. The lowest BCUT2D eigenvalue weighted by molar-refractivity contribution is 0.0963. The van der Waals surface area contributed by atoms with Gasteiger partial charge in [0.1, 0.15) is 0 Å². The summed E-state index contributed by atoms with van der Waals surface area (Å²) < 4.78 is 0. The third-order valence-corrected chi connectivity index (χ3v) is 5.95. The first kappa shape index (κ1) is 14.8. The first-order chi connectivity index (χ1) is 9.92. The summed E-state index contributed by atoms with van der Waals surface area (Å²) in [5.74, 6) is 2.01. The summed E-state index contributed by atoms with van der Waals surface area (Å²) in [7, 11) is 0. The van der Waals surface area contributed by atoms with Gasteiger partial charge in [0.05, 0.1) is 0 Å². The molecule has 2 unspecified atom stereocenters. The molecule has 0 aromatic heterocycles. The van der Waals surface area contributed by atoms with Gasteiger partial charge in [-0.1, -0.05) is 25.7 Å². The second-order valence-electron chi connectivity index (χ2n) is 7.53. The maximum Gasteiger partial charge on any atom is 0.00128 e. The zero-order valence-electron chi connectivity index (χ0n) is 13.4. The van der Waals surface area contributed by atoms with E-state index in [2.05, 4.69) is 9.80 Å². The summed E-state index contributed by atoms with van der Waals surface area (Å²) in [5.41, 5.74) is 0. The van der Waals surface area contributed by atoms with Gasteiger partial charge in [-0.3, -0.25) is 0 Å². The number of hydrogen-bond donors (Lipinski definition) is 0. The van der Waals surface area contributed by atoms with E-state index in [9.17, 15) is 0 Å². The van der Waals surface area contributed by atoms with Crippen LogP contribution in [0.2, 0.25) is 0 Å². The molecule has 2 heteroatoms. The molecule has 0 spiro atoms. The van der Waals surface area contributed by atoms with Gasteiger partial charge in [0.25, 0.3) is 0 Å². The average molecular weight is 278 g/mol. The summed E-state index contributed by atoms with van der Waals surface area (Å²) in [6.07, 6.45) is 14.7. The van der Waals surface area contributed by atoms with E-state index >= 15 is 0 Å². The van der Waals surface area contributed by atoms with Crippen molar-refractivity contribution in [3.8, 4) is 0 Å². The molecule has 0 N–H and O–H groups in total. The van der Waals surface area contributed by atoms with Crippen LogP contribution < -0.4 is 0 Å². The molecule has 0 aromatic carbocycles. The molecule has 0 amide bonds. The van der Waals surface area contributed by atoms with Crippen molar-refractivity contribution in [1.82, 2.24) is 9.80 Å². The first-order valence-electron chi connectivity index (χ1n) is 9.36. The van der Waals surface area contributed by atoms with E-state index in [1.54, 1.807) is 0 Å². The minimum Gasteiger partial charge on any atom is -0.303 e. The fourth-order valence-electron chi connectivity index (χ4n) is 4.71. The molecule has 1 aliphatic carbocycles. The second-order valence-corrected chi connectivity index (χ2v) is 7.53. The first-order valence-corrected chi connectivity index (χ1v) is 9.36. The number of nitrogens with zero attached hydrogens (tertiary/aromatic N) is 2. The lowest BCUT2D eigenvalue weighted by Gasteiger charge is -2.40. The predicted octanol–water partition coefficient (Wildman–Crippen LogP) is 3.76. The summed E-state index contributed by atoms with van der Waals surface area (Å²) in [4.78, 5) is 5.56. The lowest BCUT2D eigenvalue weighted by atomic mass is 9.78. The van der Waals surface area contributed by atoms with Crippen molar-refractivity contribution in [2.75, 3.05) is 39.3 Å². The number of piperidine rings is 2. The lowest BCUT2D eigenvalue weighted by Crippen LogP contribution is -2.42. The molecule has 0 aromatic rings. The van der Waals surface area contributed by atoms with Gasteiger partial charge in [0.15, 0.2) is 0 Å². The molecule has 2 saturated heterocycles. The van der Waals surface area contributed by atoms with E-state index in [0.717, 1.165) is 11.8 Å². The monoisotopic (exact) mass is 278 g/mol. The Hall–Kier alpha value is -0.0800. The SMILES string of the molecule is C1CCN(CC2CCCCC2CN2CCCCC2)CC1. The van der Waals surface area contributed by atoms with Crippen LogP contribution in [0.15, 0.2) is 0 Å². The number of hydrogen-bond acceptors (Lipinski definition) is 2. The molecule has 2 aliphatic heterocycles. The van der Waals surface area contributed by atoms with Crippen LogP contribution in [0.5, 0.6) is 0 Å². The van der Waals surface area contributed by atoms with E-state index in [1.165, 1.54) is 103 Å². The molecular weight excluding hydrogens is 244 g/mol. The summed E-state index contributed by atoms with van der Waals surface area (Å²) in [6, 6.07) is 0.